The fraction of sp³-hybridized carbons (Fsp3) is 0.647. The minimum absolute atomic E-state index is 0.422. The van der Waals surface area contributed by atoms with Crippen molar-refractivity contribution in [3.8, 4) is 0 Å². The lowest BCUT2D eigenvalue weighted by molar-refractivity contribution is 0.191. The van der Waals surface area contributed by atoms with Gasteiger partial charge in [-0.15, -0.1) is 0 Å². The molecule has 1 aliphatic heterocycles. The van der Waals surface area contributed by atoms with Crippen LogP contribution in [-0.2, 0) is 0 Å². The maximum absolute atomic E-state index is 5.99. The summed E-state index contributed by atoms with van der Waals surface area (Å²) in [5.74, 6) is 0.584. The highest BCUT2D eigenvalue weighted by Crippen LogP contribution is 2.25. The van der Waals surface area contributed by atoms with Gasteiger partial charge in [0.2, 0.25) is 0 Å². The Kier molecular flexibility index (Phi) is 5.88. The molecule has 1 saturated heterocycles. The molecule has 1 N–H and O–H groups in total. The zero-order valence-corrected chi connectivity index (χ0v) is 13.7. The van der Waals surface area contributed by atoms with Crippen molar-refractivity contribution in [3.63, 3.8) is 0 Å². The molecule has 2 nitrogen and oxygen atoms in total. The third-order valence-corrected chi connectivity index (χ3v) is 4.60. The summed E-state index contributed by atoms with van der Waals surface area (Å²) in [6, 6.07) is 9.36. The van der Waals surface area contributed by atoms with E-state index in [0.29, 0.717) is 18.0 Å². The van der Waals surface area contributed by atoms with Crippen molar-refractivity contribution in [2.45, 2.75) is 45.7 Å². The second kappa shape index (κ2) is 7.44. The maximum Gasteiger partial charge on any atom is 0.0406 e. The number of piperidine rings is 1. The Morgan fingerprint density at radius 1 is 1.20 bits per heavy atom. The first kappa shape index (κ1) is 15.8. The Hall–Kier alpha value is -0.570. The Labute approximate surface area is 128 Å². The second-order valence-corrected chi connectivity index (χ2v) is 6.58. The van der Waals surface area contributed by atoms with Crippen molar-refractivity contribution in [1.82, 2.24) is 10.2 Å². The summed E-state index contributed by atoms with van der Waals surface area (Å²) in [6.45, 7) is 10.4. The number of benzene rings is 1. The molecule has 112 valence electrons. The van der Waals surface area contributed by atoms with Crippen LogP contribution in [-0.4, -0.2) is 30.6 Å². The second-order valence-electron chi connectivity index (χ2n) is 6.15. The van der Waals surface area contributed by atoms with E-state index in [1.54, 1.807) is 0 Å². The van der Waals surface area contributed by atoms with Crippen LogP contribution in [0.3, 0.4) is 0 Å². The molecular formula is C17H27ClN2. The lowest BCUT2D eigenvalue weighted by Gasteiger charge is -2.35. The number of rotatable bonds is 5. The van der Waals surface area contributed by atoms with Gasteiger partial charge in [-0.2, -0.15) is 0 Å². The van der Waals surface area contributed by atoms with Gasteiger partial charge >= 0.3 is 0 Å². The minimum atomic E-state index is 0.422. The fourth-order valence-electron chi connectivity index (χ4n) is 3.01. The third-order valence-electron chi connectivity index (χ3n) is 4.35. The van der Waals surface area contributed by atoms with Crippen LogP contribution in [0.2, 0.25) is 5.02 Å². The molecule has 1 fully saturated rings. The highest BCUT2D eigenvalue weighted by Gasteiger charge is 2.23. The summed E-state index contributed by atoms with van der Waals surface area (Å²) in [5, 5.41) is 4.68. The average Bonchev–Trinajstić information content (AvgIpc) is 2.46. The molecule has 0 radical (unpaired) electrons. The average molecular weight is 295 g/mol. The van der Waals surface area contributed by atoms with Crippen molar-refractivity contribution in [3.05, 3.63) is 34.9 Å². The molecule has 2 rings (SSSR count). The smallest absolute Gasteiger partial charge is 0.0406 e. The lowest BCUT2D eigenvalue weighted by Crippen LogP contribution is -2.44. The Bertz CT molecular complexity index is 394. The molecule has 1 aliphatic rings. The van der Waals surface area contributed by atoms with E-state index < -0.39 is 0 Å². The van der Waals surface area contributed by atoms with Crippen LogP contribution in [0.25, 0.3) is 0 Å². The standard InChI is InChI=1S/C17H27ClN2/c1-4-20-11-9-16(10-12-20)19-17(13(2)3)14-5-7-15(18)8-6-14/h5-8,13,16-17,19H,4,9-12H2,1-3H3. The van der Waals surface area contributed by atoms with E-state index in [0.717, 1.165) is 5.02 Å². The predicted molar refractivity (Wildman–Crippen MR) is 87.3 cm³/mol. The van der Waals surface area contributed by atoms with Crippen LogP contribution in [0.4, 0.5) is 0 Å². The van der Waals surface area contributed by atoms with Gasteiger partial charge in [0.1, 0.15) is 0 Å². The van der Waals surface area contributed by atoms with Crippen molar-refractivity contribution in [1.29, 1.82) is 0 Å². The molecule has 1 aromatic rings. The van der Waals surface area contributed by atoms with Gasteiger partial charge in [0, 0.05) is 17.1 Å². The number of nitrogens with zero attached hydrogens (tertiary/aromatic N) is 1. The molecule has 0 aromatic heterocycles. The van der Waals surface area contributed by atoms with Gasteiger partial charge in [-0.25, -0.2) is 0 Å². The number of halogens is 1. The summed E-state index contributed by atoms with van der Waals surface area (Å²) in [6.07, 6.45) is 2.51. The molecule has 3 heteroatoms. The monoisotopic (exact) mass is 294 g/mol. The van der Waals surface area contributed by atoms with Gasteiger partial charge < -0.3 is 10.2 Å². The number of nitrogens with one attached hydrogen (secondary N) is 1. The van der Waals surface area contributed by atoms with Crippen LogP contribution in [0.5, 0.6) is 0 Å². The van der Waals surface area contributed by atoms with E-state index in [1.165, 1.54) is 38.0 Å². The molecule has 0 aliphatic carbocycles. The van der Waals surface area contributed by atoms with Crippen LogP contribution in [0.1, 0.15) is 45.2 Å². The van der Waals surface area contributed by atoms with Crippen LogP contribution < -0.4 is 5.32 Å². The van der Waals surface area contributed by atoms with Gasteiger partial charge in [0.25, 0.3) is 0 Å². The van der Waals surface area contributed by atoms with Gasteiger partial charge in [0.05, 0.1) is 0 Å². The highest BCUT2D eigenvalue weighted by molar-refractivity contribution is 6.30. The number of hydrogen-bond acceptors (Lipinski definition) is 2. The van der Waals surface area contributed by atoms with Crippen LogP contribution >= 0.6 is 11.6 Å². The normalized spacial score (nSPS) is 19.4. The molecule has 0 bridgehead atoms. The van der Waals surface area contributed by atoms with E-state index in [1.807, 2.05) is 12.1 Å². The Balaban J connectivity index is 1.98. The molecule has 0 saturated carbocycles. The topological polar surface area (TPSA) is 15.3 Å². The first-order valence-electron chi connectivity index (χ1n) is 7.84. The Morgan fingerprint density at radius 2 is 1.80 bits per heavy atom. The van der Waals surface area contributed by atoms with Gasteiger partial charge in [0.15, 0.2) is 0 Å². The largest absolute Gasteiger partial charge is 0.307 e. The first-order valence-corrected chi connectivity index (χ1v) is 8.21. The highest BCUT2D eigenvalue weighted by atomic mass is 35.5. The Morgan fingerprint density at radius 3 is 2.30 bits per heavy atom. The SMILES string of the molecule is CCN1CCC(NC(c2ccc(Cl)cc2)C(C)C)CC1. The van der Waals surface area contributed by atoms with E-state index in [-0.39, 0.29) is 0 Å². The van der Waals surface area contributed by atoms with Gasteiger partial charge in [-0.1, -0.05) is 44.5 Å². The fourth-order valence-corrected chi connectivity index (χ4v) is 3.14. The third kappa shape index (κ3) is 4.21. The first-order chi connectivity index (χ1) is 9.60. The summed E-state index contributed by atoms with van der Waals surface area (Å²) in [5.41, 5.74) is 1.35. The summed E-state index contributed by atoms with van der Waals surface area (Å²) < 4.78 is 0. The molecule has 1 atom stereocenters. The van der Waals surface area contributed by atoms with Crippen molar-refractivity contribution < 1.29 is 0 Å². The molecule has 0 amide bonds. The van der Waals surface area contributed by atoms with Crippen molar-refractivity contribution in [2.24, 2.45) is 5.92 Å². The van der Waals surface area contributed by atoms with E-state index >= 15 is 0 Å². The molecule has 1 unspecified atom stereocenters. The molecule has 1 heterocycles. The quantitative estimate of drug-likeness (QED) is 0.879. The zero-order valence-electron chi connectivity index (χ0n) is 12.9. The van der Waals surface area contributed by atoms with Crippen LogP contribution in [0, 0.1) is 5.92 Å². The lowest BCUT2D eigenvalue weighted by atomic mass is 9.93. The van der Waals surface area contributed by atoms with Gasteiger partial charge in [-0.3, -0.25) is 0 Å². The molecule has 0 spiro atoms. The van der Waals surface area contributed by atoms with Crippen LogP contribution in [0.15, 0.2) is 24.3 Å². The van der Waals surface area contributed by atoms with E-state index in [9.17, 15) is 0 Å². The van der Waals surface area contributed by atoms with E-state index in [4.69, 9.17) is 11.6 Å². The maximum atomic E-state index is 5.99. The summed E-state index contributed by atoms with van der Waals surface area (Å²) in [7, 11) is 0. The molecule has 1 aromatic carbocycles. The number of hydrogen-bond donors (Lipinski definition) is 1. The van der Waals surface area contributed by atoms with Crippen molar-refractivity contribution >= 4 is 11.6 Å². The van der Waals surface area contributed by atoms with Gasteiger partial charge in [-0.05, 0) is 56.1 Å². The van der Waals surface area contributed by atoms with E-state index in [2.05, 4.69) is 43.1 Å². The zero-order chi connectivity index (χ0) is 14.5. The molecular weight excluding hydrogens is 268 g/mol. The predicted octanol–water partition coefficient (Wildman–Crippen LogP) is 4.11. The minimum Gasteiger partial charge on any atom is -0.307 e. The number of likely N-dealkylation sites (tertiary alicyclic amines) is 1. The molecule has 20 heavy (non-hydrogen) atoms. The summed E-state index contributed by atoms with van der Waals surface area (Å²) in [4.78, 5) is 2.53. The van der Waals surface area contributed by atoms with Crippen molar-refractivity contribution in [2.75, 3.05) is 19.6 Å². The summed E-state index contributed by atoms with van der Waals surface area (Å²) >= 11 is 5.99.